The monoisotopic (exact) mass is 449 g/mol. The summed E-state index contributed by atoms with van der Waals surface area (Å²) in [7, 11) is 0. The third-order valence-electron chi connectivity index (χ3n) is 4.62. The maximum atomic E-state index is 13.3. The molecule has 0 aromatic heterocycles. The largest absolute Gasteiger partial charge is 0.337 e. The van der Waals surface area contributed by atoms with Crippen LogP contribution in [0.2, 0.25) is 0 Å². The zero-order valence-corrected chi connectivity index (χ0v) is 17.9. The maximum absolute atomic E-state index is 13.3. The van der Waals surface area contributed by atoms with Crippen molar-refractivity contribution in [2.75, 3.05) is 19.6 Å². The highest BCUT2D eigenvalue weighted by atomic mass is 79.9. The van der Waals surface area contributed by atoms with Gasteiger partial charge in [-0.15, -0.1) is 12.4 Å². The van der Waals surface area contributed by atoms with Crippen molar-refractivity contribution in [1.29, 1.82) is 0 Å². The van der Waals surface area contributed by atoms with E-state index in [-0.39, 0.29) is 30.1 Å². The SMILES string of the molecule is CC(C)[C@H](N)C(=O)N1CCN(C(=O)c2ccc(F)cc2Br)C(C)(C)C1.Cl. The lowest BCUT2D eigenvalue weighted by atomic mass is 9.95. The smallest absolute Gasteiger partial charge is 0.255 e. The Hall–Kier alpha value is -1.18. The molecular weight excluding hydrogens is 425 g/mol. The summed E-state index contributed by atoms with van der Waals surface area (Å²) in [5, 5.41) is 0. The van der Waals surface area contributed by atoms with Gasteiger partial charge in [-0.1, -0.05) is 13.8 Å². The molecule has 1 aliphatic heterocycles. The van der Waals surface area contributed by atoms with Crippen molar-refractivity contribution in [3.05, 3.63) is 34.1 Å². The summed E-state index contributed by atoms with van der Waals surface area (Å²) in [6.07, 6.45) is 0. The van der Waals surface area contributed by atoms with Crippen LogP contribution in [0.1, 0.15) is 38.1 Å². The van der Waals surface area contributed by atoms with Crippen molar-refractivity contribution in [2.45, 2.75) is 39.3 Å². The fraction of sp³-hybridized carbons (Fsp3) is 0.556. The third-order valence-corrected chi connectivity index (χ3v) is 5.28. The van der Waals surface area contributed by atoms with Crippen LogP contribution in [-0.2, 0) is 4.79 Å². The summed E-state index contributed by atoms with van der Waals surface area (Å²) in [6, 6.07) is 3.49. The first kappa shape index (κ1) is 22.9. The fourth-order valence-corrected chi connectivity index (χ4v) is 3.54. The van der Waals surface area contributed by atoms with Crippen molar-refractivity contribution >= 4 is 40.2 Å². The number of rotatable bonds is 3. The molecule has 0 radical (unpaired) electrons. The van der Waals surface area contributed by atoms with Crippen LogP contribution in [0.25, 0.3) is 0 Å². The topological polar surface area (TPSA) is 66.6 Å². The van der Waals surface area contributed by atoms with E-state index in [1.807, 2.05) is 27.7 Å². The highest BCUT2D eigenvalue weighted by Crippen LogP contribution is 2.27. The summed E-state index contributed by atoms with van der Waals surface area (Å²) in [4.78, 5) is 28.9. The molecule has 1 aromatic rings. The number of benzene rings is 1. The predicted molar refractivity (Wildman–Crippen MR) is 106 cm³/mol. The van der Waals surface area contributed by atoms with Crippen LogP contribution in [0.5, 0.6) is 0 Å². The average molecular weight is 451 g/mol. The molecule has 8 heteroatoms. The van der Waals surface area contributed by atoms with Crippen molar-refractivity contribution in [2.24, 2.45) is 11.7 Å². The average Bonchev–Trinajstić information content (AvgIpc) is 2.51. The molecule has 0 saturated carbocycles. The van der Waals surface area contributed by atoms with E-state index in [1.54, 1.807) is 9.80 Å². The Kier molecular flexibility index (Phi) is 7.62. The molecule has 1 atom stereocenters. The molecule has 0 unspecified atom stereocenters. The second kappa shape index (κ2) is 8.67. The van der Waals surface area contributed by atoms with Crippen molar-refractivity contribution in [3.8, 4) is 0 Å². The van der Waals surface area contributed by atoms with Gasteiger partial charge in [0.15, 0.2) is 0 Å². The molecule has 2 N–H and O–H groups in total. The Balaban J connectivity index is 0.00000338. The van der Waals surface area contributed by atoms with E-state index < -0.39 is 17.4 Å². The fourth-order valence-electron chi connectivity index (χ4n) is 3.02. The van der Waals surface area contributed by atoms with Gasteiger partial charge in [-0.2, -0.15) is 0 Å². The number of carbonyl (C=O) groups excluding carboxylic acids is 2. The minimum absolute atomic E-state index is 0. The molecule has 1 aromatic carbocycles. The van der Waals surface area contributed by atoms with E-state index in [0.717, 1.165) is 0 Å². The van der Waals surface area contributed by atoms with Gasteiger partial charge >= 0.3 is 0 Å². The summed E-state index contributed by atoms with van der Waals surface area (Å²) in [5.74, 6) is -0.610. The van der Waals surface area contributed by atoms with Gasteiger partial charge in [0.25, 0.3) is 5.91 Å². The predicted octanol–water partition coefficient (Wildman–Crippen LogP) is 3.06. The standard InChI is InChI=1S/C18H25BrFN3O2.ClH/c1-11(2)15(21)17(25)22-7-8-23(18(3,4)10-22)16(24)13-6-5-12(20)9-14(13)19;/h5-6,9,11,15H,7-8,10,21H2,1-4H3;1H/t15-;/m0./s1. The molecule has 26 heavy (non-hydrogen) atoms. The quantitative estimate of drug-likeness (QED) is 0.770. The first-order chi connectivity index (χ1) is 11.5. The zero-order valence-electron chi connectivity index (χ0n) is 15.5. The van der Waals surface area contributed by atoms with Crippen LogP contribution < -0.4 is 5.73 Å². The van der Waals surface area contributed by atoms with Crippen molar-refractivity contribution in [3.63, 3.8) is 0 Å². The number of hydrogen-bond donors (Lipinski definition) is 1. The molecule has 0 aliphatic carbocycles. The number of nitrogens with zero attached hydrogens (tertiary/aromatic N) is 2. The second-order valence-corrected chi connectivity index (χ2v) is 8.28. The Labute approximate surface area is 168 Å². The summed E-state index contributed by atoms with van der Waals surface area (Å²) < 4.78 is 13.7. The van der Waals surface area contributed by atoms with Gasteiger partial charge in [-0.05, 0) is 53.9 Å². The van der Waals surface area contributed by atoms with Crippen LogP contribution in [0.3, 0.4) is 0 Å². The molecule has 1 aliphatic rings. The first-order valence-electron chi connectivity index (χ1n) is 8.36. The van der Waals surface area contributed by atoms with E-state index in [4.69, 9.17) is 5.73 Å². The maximum Gasteiger partial charge on any atom is 0.255 e. The van der Waals surface area contributed by atoms with Crippen LogP contribution in [0.4, 0.5) is 4.39 Å². The minimum Gasteiger partial charge on any atom is -0.337 e. The molecule has 1 saturated heterocycles. The normalized spacial score (nSPS) is 17.7. The highest BCUT2D eigenvalue weighted by Gasteiger charge is 2.40. The third kappa shape index (κ3) is 4.75. The number of halogens is 3. The Bertz CT molecular complexity index is 684. The van der Waals surface area contributed by atoms with E-state index in [1.165, 1.54) is 18.2 Å². The van der Waals surface area contributed by atoms with Gasteiger partial charge in [0.1, 0.15) is 5.82 Å². The van der Waals surface area contributed by atoms with Gasteiger partial charge in [0, 0.05) is 24.1 Å². The lowest BCUT2D eigenvalue weighted by Crippen LogP contribution is -2.64. The highest BCUT2D eigenvalue weighted by molar-refractivity contribution is 9.10. The molecule has 2 rings (SSSR count). The second-order valence-electron chi connectivity index (χ2n) is 7.42. The number of piperazine rings is 1. The molecule has 0 bridgehead atoms. The zero-order chi connectivity index (χ0) is 18.9. The molecule has 2 amide bonds. The first-order valence-corrected chi connectivity index (χ1v) is 9.15. The molecule has 0 spiro atoms. The Morgan fingerprint density at radius 1 is 1.27 bits per heavy atom. The van der Waals surface area contributed by atoms with Gasteiger partial charge < -0.3 is 15.5 Å². The van der Waals surface area contributed by atoms with Crippen LogP contribution >= 0.6 is 28.3 Å². The minimum atomic E-state index is -0.546. The van der Waals surface area contributed by atoms with E-state index in [9.17, 15) is 14.0 Å². The van der Waals surface area contributed by atoms with Crippen molar-refractivity contribution in [1.82, 2.24) is 9.80 Å². The molecule has 146 valence electrons. The number of hydrogen-bond acceptors (Lipinski definition) is 3. The van der Waals surface area contributed by atoms with E-state index in [0.29, 0.717) is 29.7 Å². The van der Waals surface area contributed by atoms with Crippen LogP contribution in [-0.4, -0.2) is 52.8 Å². The molecule has 5 nitrogen and oxygen atoms in total. The Morgan fingerprint density at radius 2 is 1.88 bits per heavy atom. The number of carbonyl (C=O) groups is 2. The van der Waals surface area contributed by atoms with E-state index >= 15 is 0 Å². The van der Waals surface area contributed by atoms with Gasteiger partial charge in [0.05, 0.1) is 17.1 Å². The molecule has 1 fully saturated rings. The lowest BCUT2D eigenvalue weighted by molar-refractivity contribution is -0.137. The van der Waals surface area contributed by atoms with E-state index in [2.05, 4.69) is 15.9 Å². The lowest BCUT2D eigenvalue weighted by Gasteiger charge is -2.47. The van der Waals surface area contributed by atoms with Gasteiger partial charge in [0.2, 0.25) is 5.91 Å². The summed E-state index contributed by atoms with van der Waals surface area (Å²) in [5.41, 5.74) is 5.85. The molecule has 1 heterocycles. The molecular formula is C18H26BrClFN3O2. The number of amides is 2. The van der Waals surface area contributed by atoms with Crippen molar-refractivity contribution < 1.29 is 14.0 Å². The van der Waals surface area contributed by atoms with Gasteiger partial charge in [-0.3, -0.25) is 9.59 Å². The van der Waals surface area contributed by atoms with Crippen LogP contribution in [0, 0.1) is 11.7 Å². The Morgan fingerprint density at radius 3 is 2.38 bits per heavy atom. The van der Waals surface area contributed by atoms with Crippen LogP contribution in [0.15, 0.2) is 22.7 Å². The number of nitrogens with two attached hydrogens (primary N) is 1. The summed E-state index contributed by atoms with van der Waals surface area (Å²) >= 11 is 3.25. The van der Waals surface area contributed by atoms with Gasteiger partial charge in [-0.25, -0.2) is 4.39 Å². The summed E-state index contributed by atoms with van der Waals surface area (Å²) in [6.45, 7) is 8.93.